The van der Waals surface area contributed by atoms with E-state index in [9.17, 15) is 0 Å². The molecule has 2 aliphatic rings. The van der Waals surface area contributed by atoms with Gasteiger partial charge >= 0.3 is 0 Å². The molecule has 0 spiro atoms. The molecule has 2 aromatic rings. The van der Waals surface area contributed by atoms with Crippen molar-refractivity contribution in [3.8, 4) is 0 Å². The van der Waals surface area contributed by atoms with Crippen molar-refractivity contribution >= 4 is 11.0 Å². The number of nitrogens with zero attached hydrogens (tertiary/aromatic N) is 2. The molecule has 0 amide bonds. The summed E-state index contributed by atoms with van der Waals surface area (Å²) in [7, 11) is 0. The lowest BCUT2D eigenvalue weighted by Gasteiger charge is -2.22. The van der Waals surface area contributed by atoms with Crippen LogP contribution in [0.1, 0.15) is 43.2 Å². The maximum absolute atomic E-state index is 4.58. The van der Waals surface area contributed by atoms with E-state index in [0.717, 1.165) is 25.0 Å². The Balaban J connectivity index is 1.70. The predicted octanol–water partition coefficient (Wildman–Crippen LogP) is 2.84. The van der Waals surface area contributed by atoms with Crippen molar-refractivity contribution in [2.45, 2.75) is 37.6 Å². The van der Waals surface area contributed by atoms with E-state index < -0.39 is 0 Å². The van der Waals surface area contributed by atoms with Crippen LogP contribution in [0, 0.1) is 0 Å². The van der Waals surface area contributed by atoms with E-state index in [1.54, 1.807) is 0 Å². The zero-order valence-electron chi connectivity index (χ0n) is 10.6. The van der Waals surface area contributed by atoms with Crippen LogP contribution in [0.4, 0.5) is 0 Å². The van der Waals surface area contributed by atoms with E-state index in [0.29, 0.717) is 0 Å². The number of fused-ring (bicyclic) bond motifs is 1. The molecule has 1 aliphatic carbocycles. The van der Waals surface area contributed by atoms with Gasteiger partial charge in [-0.25, -0.2) is 4.98 Å². The van der Waals surface area contributed by atoms with Crippen LogP contribution in [0.3, 0.4) is 0 Å². The number of piperidine rings is 1. The molecule has 2 heterocycles. The first-order valence-corrected chi connectivity index (χ1v) is 7.09. The first-order chi connectivity index (χ1) is 8.92. The molecule has 3 heteroatoms. The maximum atomic E-state index is 4.58. The van der Waals surface area contributed by atoms with E-state index in [4.69, 9.17) is 0 Å². The normalized spacial score (nSPS) is 21.6. The van der Waals surface area contributed by atoms with E-state index in [2.05, 4.69) is 33.1 Å². The van der Waals surface area contributed by atoms with Gasteiger partial charge in [-0.3, -0.25) is 0 Å². The SMILES string of the molecule is c1cc2c(cc1C1CCNCC1)ncn2C1CC1. The lowest BCUT2D eigenvalue weighted by molar-refractivity contribution is 0.460. The molecule has 4 rings (SSSR count). The highest BCUT2D eigenvalue weighted by molar-refractivity contribution is 5.76. The second-order valence-corrected chi connectivity index (χ2v) is 5.66. The molecule has 1 aromatic carbocycles. The van der Waals surface area contributed by atoms with Crippen molar-refractivity contribution in [1.29, 1.82) is 0 Å². The highest BCUT2D eigenvalue weighted by Gasteiger charge is 2.25. The second-order valence-electron chi connectivity index (χ2n) is 5.66. The van der Waals surface area contributed by atoms with Crippen molar-refractivity contribution in [3.63, 3.8) is 0 Å². The van der Waals surface area contributed by atoms with Gasteiger partial charge in [0.25, 0.3) is 0 Å². The maximum Gasteiger partial charge on any atom is 0.0960 e. The van der Waals surface area contributed by atoms with Crippen molar-refractivity contribution in [3.05, 3.63) is 30.1 Å². The molecule has 0 unspecified atom stereocenters. The summed E-state index contributed by atoms with van der Waals surface area (Å²) >= 11 is 0. The van der Waals surface area contributed by atoms with E-state index in [1.165, 1.54) is 42.3 Å². The lowest BCUT2D eigenvalue weighted by atomic mass is 9.90. The Kier molecular flexibility index (Phi) is 2.40. The van der Waals surface area contributed by atoms with Crippen molar-refractivity contribution in [2.75, 3.05) is 13.1 Å². The topological polar surface area (TPSA) is 29.9 Å². The fraction of sp³-hybridized carbons (Fsp3) is 0.533. The summed E-state index contributed by atoms with van der Waals surface area (Å²) in [5.41, 5.74) is 3.97. The molecule has 3 nitrogen and oxygen atoms in total. The Morgan fingerprint density at radius 3 is 2.72 bits per heavy atom. The molecule has 1 aromatic heterocycles. The molecule has 1 saturated carbocycles. The van der Waals surface area contributed by atoms with Gasteiger partial charge in [0, 0.05) is 6.04 Å². The largest absolute Gasteiger partial charge is 0.327 e. The third kappa shape index (κ3) is 1.74. The number of benzene rings is 1. The predicted molar refractivity (Wildman–Crippen MR) is 72.8 cm³/mol. The molecule has 1 aliphatic heterocycles. The Hall–Kier alpha value is -1.35. The number of rotatable bonds is 2. The number of imidazole rings is 1. The van der Waals surface area contributed by atoms with Crippen LogP contribution in [0.2, 0.25) is 0 Å². The summed E-state index contributed by atoms with van der Waals surface area (Å²) in [4.78, 5) is 4.58. The Morgan fingerprint density at radius 2 is 1.94 bits per heavy atom. The molecule has 0 atom stereocenters. The van der Waals surface area contributed by atoms with Gasteiger partial charge in [0.15, 0.2) is 0 Å². The van der Waals surface area contributed by atoms with Gasteiger partial charge in [-0.15, -0.1) is 0 Å². The summed E-state index contributed by atoms with van der Waals surface area (Å²) < 4.78 is 2.35. The van der Waals surface area contributed by atoms with Crippen LogP contribution in [0.5, 0.6) is 0 Å². The quantitative estimate of drug-likeness (QED) is 0.876. The van der Waals surface area contributed by atoms with Gasteiger partial charge in [-0.1, -0.05) is 6.07 Å². The van der Waals surface area contributed by atoms with Gasteiger partial charge < -0.3 is 9.88 Å². The second kappa shape index (κ2) is 4.09. The molecule has 18 heavy (non-hydrogen) atoms. The average Bonchev–Trinajstić information content (AvgIpc) is 3.19. The summed E-state index contributed by atoms with van der Waals surface area (Å²) in [6.07, 6.45) is 7.18. The van der Waals surface area contributed by atoms with Crippen molar-refractivity contribution in [2.24, 2.45) is 0 Å². The van der Waals surface area contributed by atoms with Gasteiger partial charge in [-0.2, -0.15) is 0 Å². The standard InChI is InChI=1S/C15H19N3/c1-4-15-14(17-10-18(15)13-2-3-13)9-12(1)11-5-7-16-8-6-11/h1,4,9-11,13,16H,2-3,5-8H2. The highest BCUT2D eigenvalue weighted by atomic mass is 15.1. The smallest absolute Gasteiger partial charge is 0.0960 e. The van der Waals surface area contributed by atoms with E-state index >= 15 is 0 Å². The van der Waals surface area contributed by atoms with Gasteiger partial charge in [0.1, 0.15) is 0 Å². The lowest BCUT2D eigenvalue weighted by Crippen LogP contribution is -2.26. The fourth-order valence-corrected chi connectivity index (χ4v) is 3.10. The van der Waals surface area contributed by atoms with E-state index in [1.807, 2.05) is 6.33 Å². The minimum atomic E-state index is 0.722. The first-order valence-electron chi connectivity index (χ1n) is 7.09. The summed E-state index contributed by atoms with van der Waals surface area (Å²) in [6, 6.07) is 7.63. The third-order valence-corrected chi connectivity index (χ3v) is 4.35. The molecule has 94 valence electrons. The molecule has 1 saturated heterocycles. The number of aromatic nitrogens is 2. The fourth-order valence-electron chi connectivity index (χ4n) is 3.10. The molecule has 1 N–H and O–H groups in total. The van der Waals surface area contributed by atoms with Gasteiger partial charge in [-0.05, 0) is 62.4 Å². The van der Waals surface area contributed by atoms with Crippen LogP contribution >= 0.6 is 0 Å². The van der Waals surface area contributed by atoms with Crippen LogP contribution in [0.15, 0.2) is 24.5 Å². The van der Waals surface area contributed by atoms with Crippen molar-refractivity contribution < 1.29 is 0 Å². The minimum Gasteiger partial charge on any atom is -0.327 e. The third-order valence-electron chi connectivity index (χ3n) is 4.35. The van der Waals surface area contributed by atoms with Crippen LogP contribution in [-0.4, -0.2) is 22.6 Å². The van der Waals surface area contributed by atoms with Crippen LogP contribution in [-0.2, 0) is 0 Å². The first kappa shape index (κ1) is 10.6. The zero-order chi connectivity index (χ0) is 11.9. The molecular weight excluding hydrogens is 222 g/mol. The molecule has 0 bridgehead atoms. The van der Waals surface area contributed by atoms with Gasteiger partial charge in [0.2, 0.25) is 0 Å². The minimum absolute atomic E-state index is 0.722. The molecule has 0 radical (unpaired) electrons. The summed E-state index contributed by atoms with van der Waals surface area (Å²) in [6.45, 7) is 2.30. The van der Waals surface area contributed by atoms with E-state index in [-0.39, 0.29) is 0 Å². The average molecular weight is 241 g/mol. The number of hydrogen-bond donors (Lipinski definition) is 1. The Bertz CT molecular complexity index is 562. The number of nitrogens with one attached hydrogen (secondary N) is 1. The number of hydrogen-bond acceptors (Lipinski definition) is 2. The Labute approximate surface area is 107 Å². The zero-order valence-corrected chi connectivity index (χ0v) is 10.6. The molecular formula is C15H19N3. The Morgan fingerprint density at radius 1 is 1.11 bits per heavy atom. The van der Waals surface area contributed by atoms with Gasteiger partial charge in [0.05, 0.1) is 17.4 Å². The molecule has 2 fully saturated rings. The van der Waals surface area contributed by atoms with Crippen LogP contribution in [0.25, 0.3) is 11.0 Å². The monoisotopic (exact) mass is 241 g/mol. The summed E-state index contributed by atoms with van der Waals surface area (Å²) in [5, 5.41) is 3.43. The highest BCUT2D eigenvalue weighted by Crippen LogP contribution is 2.37. The van der Waals surface area contributed by atoms with Crippen molar-refractivity contribution in [1.82, 2.24) is 14.9 Å². The summed E-state index contributed by atoms with van der Waals surface area (Å²) in [5.74, 6) is 0.724. The van der Waals surface area contributed by atoms with Crippen LogP contribution < -0.4 is 5.32 Å².